The van der Waals surface area contributed by atoms with Gasteiger partial charge in [0.25, 0.3) is 0 Å². The minimum absolute atomic E-state index is 0.150. The van der Waals surface area contributed by atoms with E-state index >= 15 is 0 Å². The Morgan fingerprint density at radius 1 is 1.16 bits per heavy atom. The number of nitrogens with zero attached hydrogens (tertiary/aromatic N) is 1. The molecule has 2 aromatic rings. The molecule has 0 spiro atoms. The van der Waals surface area contributed by atoms with Crippen LogP contribution in [0.4, 0.5) is 13.2 Å². The standard InChI is InChI=1S/C12H10F3NO3/c13-12(14,15)6-3-7-16-9-5-2-1-4-8(9)10(17)19-11(16)18/h1-2,4-5H,3,6-7H2. The van der Waals surface area contributed by atoms with Gasteiger partial charge in [0, 0.05) is 13.0 Å². The number of para-hydroxylation sites is 1. The molecule has 4 nitrogen and oxygen atoms in total. The Morgan fingerprint density at radius 2 is 1.84 bits per heavy atom. The lowest BCUT2D eigenvalue weighted by Crippen LogP contribution is -2.25. The minimum Gasteiger partial charge on any atom is -0.372 e. The van der Waals surface area contributed by atoms with E-state index in [-0.39, 0.29) is 23.9 Å². The van der Waals surface area contributed by atoms with E-state index < -0.39 is 24.0 Å². The summed E-state index contributed by atoms with van der Waals surface area (Å²) in [5, 5.41) is 0.175. The summed E-state index contributed by atoms with van der Waals surface area (Å²) in [4.78, 5) is 22.9. The van der Waals surface area contributed by atoms with Gasteiger partial charge in [-0.25, -0.2) is 9.59 Å². The van der Waals surface area contributed by atoms with Crippen molar-refractivity contribution >= 4 is 10.9 Å². The fraction of sp³-hybridized carbons (Fsp3) is 0.333. The second-order valence-corrected chi connectivity index (χ2v) is 4.04. The molecule has 0 amide bonds. The van der Waals surface area contributed by atoms with Gasteiger partial charge in [0.15, 0.2) is 0 Å². The number of benzene rings is 1. The molecule has 2 rings (SSSR count). The summed E-state index contributed by atoms with van der Waals surface area (Å²) in [6.07, 6.45) is -5.51. The lowest BCUT2D eigenvalue weighted by atomic mass is 10.2. The molecule has 0 aliphatic carbocycles. The van der Waals surface area contributed by atoms with Gasteiger partial charge in [0.1, 0.15) is 0 Å². The molecule has 0 aliphatic heterocycles. The summed E-state index contributed by atoms with van der Waals surface area (Å²) in [6, 6.07) is 6.15. The third kappa shape index (κ3) is 3.04. The number of aromatic nitrogens is 1. The van der Waals surface area contributed by atoms with Crippen molar-refractivity contribution < 1.29 is 17.6 Å². The molecule has 0 fully saturated rings. The predicted octanol–water partition coefficient (Wildman–Crippen LogP) is 2.30. The highest BCUT2D eigenvalue weighted by molar-refractivity contribution is 5.77. The molecular weight excluding hydrogens is 263 g/mol. The van der Waals surface area contributed by atoms with Crippen LogP contribution in [0.1, 0.15) is 12.8 Å². The highest BCUT2D eigenvalue weighted by atomic mass is 19.4. The van der Waals surface area contributed by atoms with E-state index in [1.165, 1.54) is 12.1 Å². The van der Waals surface area contributed by atoms with Crippen LogP contribution in [-0.4, -0.2) is 10.7 Å². The normalized spacial score (nSPS) is 11.9. The third-order valence-corrected chi connectivity index (χ3v) is 2.66. The molecular formula is C12H10F3NO3. The maximum Gasteiger partial charge on any atom is 0.422 e. The van der Waals surface area contributed by atoms with E-state index in [9.17, 15) is 22.8 Å². The first-order chi connectivity index (χ1) is 8.88. The first-order valence-electron chi connectivity index (χ1n) is 5.58. The van der Waals surface area contributed by atoms with Crippen LogP contribution in [0.5, 0.6) is 0 Å². The monoisotopic (exact) mass is 273 g/mol. The van der Waals surface area contributed by atoms with Crippen LogP contribution in [0.15, 0.2) is 38.3 Å². The van der Waals surface area contributed by atoms with Crippen molar-refractivity contribution in [2.24, 2.45) is 0 Å². The van der Waals surface area contributed by atoms with E-state index in [2.05, 4.69) is 4.42 Å². The molecule has 0 saturated carbocycles. The summed E-state index contributed by atoms with van der Waals surface area (Å²) < 4.78 is 41.7. The Morgan fingerprint density at radius 3 is 2.53 bits per heavy atom. The van der Waals surface area contributed by atoms with E-state index in [0.717, 1.165) is 4.57 Å². The van der Waals surface area contributed by atoms with Gasteiger partial charge in [0.05, 0.1) is 10.9 Å². The maximum atomic E-state index is 12.1. The number of hydrogen-bond acceptors (Lipinski definition) is 3. The van der Waals surface area contributed by atoms with Crippen LogP contribution in [0.3, 0.4) is 0 Å². The summed E-state index contributed by atoms with van der Waals surface area (Å²) in [7, 11) is 0. The highest BCUT2D eigenvalue weighted by Crippen LogP contribution is 2.21. The number of fused-ring (bicyclic) bond motifs is 1. The van der Waals surface area contributed by atoms with Crippen molar-refractivity contribution in [3.05, 3.63) is 45.2 Å². The number of halogens is 3. The molecule has 0 aliphatic rings. The smallest absolute Gasteiger partial charge is 0.372 e. The van der Waals surface area contributed by atoms with E-state index in [4.69, 9.17) is 0 Å². The minimum atomic E-state index is -4.27. The zero-order valence-corrected chi connectivity index (χ0v) is 9.74. The average molecular weight is 273 g/mol. The van der Waals surface area contributed by atoms with Crippen LogP contribution < -0.4 is 11.4 Å². The van der Waals surface area contributed by atoms with Crippen molar-refractivity contribution in [2.75, 3.05) is 0 Å². The van der Waals surface area contributed by atoms with Crippen LogP contribution in [0.2, 0.25) is 0 Å². The molecule has 1 aromatic heterocycles. The van der Waals surface area contributed by atoms with Crippen molar-refractivity contribution in [3.8, 4) is 0 Å². The van der Waals surface area contributed by atoms with Gasteiger partial charge in [-0.05, 0) is 18.6 Å². The number of rotatable bonds is 3. The first kappa shape index (κ1) is 13.4. The second-order valence-electron chi connectivity index (χ2n) is 4.04. The summed E-state index contributed by atoms with van der Waals surface area (Å²) in [5.74, 6) is -0.939. The van der Waals surface area contributed by atoms with Crippen LogP contribution in [-0.2, 0) is 6.54 Å². The Labute approximate surface area is 105 Å². The van der Waals surface area contributed by atoms with Crippen molar-refractivity contribution in [1.29, 1.82) is 0 Å². The maximum absolute atomic E-state index is 12.1. The lowest BCUT2D eigenvalue weighted by Gasteiger charge is -2.09. The van der Waals surface area contributed by atoms with Gasteiger partial charge in [0.2, 0.25) is 0 Å². The summed E-state index contributed by atoms with van der Waals surface area (Å²) >= 11 is 0. The molecule has 0 bridgehead atoms. The number of hydrogen-bond donors (Lipinski definition) is 0. The SMILES string of the molecule is O=c1oc(=O)n(CCCC(F)(F)F)c2ccccc12. The molecule has 1 aromatic carbocycles. The fourth-order valence-corrected chi connectivity index (χ4v) is 1.82. The van der Waals surface area contributed by atoms with Crippen molar-refractivity contribution in [1.82, 2.24) is 4.57 Å². The first-order valence-corrected chi connectivity index (χ1v) is 5.58. The Balaban J connectivity index is 2.38. The lowest BCUT2D eigenvalue weighted by molar-refractivity contribution is -0.135. The Kier molecular flexibility index (Phi) is 3.46. The Hall–Kier alpha value is -2.05. The molecule has 0 radical (unpaired) electrons. The molecule has 0 N–H and O–H groups in total. The number of aryl methyl sites for hydroxylation is 1. The quantitative estimate of drug-likeness (QED) is 0.862. The molecule has 0 atom stereocenters. The van der Waals surface area contributed by atoms with Gasteiger partial charge in [-0.3, -0.25) is 4.57 Å². The van der Waals surface area contributed by atoms with Crippen LogP contribution in [0.25, 0.3) is 10.9 Å². The summed E-state index contributed by atoms with van der Waals surface area (Å²) in [5.41, 5.74) is -0.501. The Bertz CT molecular complexity index is 700. The van der Waals surface area contributed by atoms with Gasteiger partial charge >= 0.3 is 17.6 Å². The van der Waals surface area contributed by atoms with Gasteiger partial charge in [-0.1, -0.05) is 12.1 Å². The van der Waals surface area contributed by atoms with Gasteiger partial charge in [-0.15, -0.1) is 0 Å². The molecule has 1 heterocycles. The van der Waals surface area contributed by atoms with Gasteiger partial charge < -0.3 is 4.42 Å². The molecule has 19 heavy (non-hydrogen) atoms. The molecule has 0 unspecified atom stereocenters. The predicted molar refractivity (Wildman–Crippen MR) is 62.0 cm³/mol. The van der Waals surface area contributed by atoms with E-state index in [0.29, 0.717) is 0 Å². The van der Waals surface area contributed by atoms with Crippen LogP contribution in [0, 0.1) is 0 Å². The van der Waals surface area contributed by atoms with Crippen LogP contribution >= 0.6 is 0 Å². The topological polar surface area (TPSA) is 52.2 Å². The second kappa shape index (κ2) is 4.91. The largest absolute Gasteiger partial charge is 0.422 e. The fourth-order valence-electron chi connectivity index (χ4n) is 1.82. The van der Waals surface area contributed by atoms with E-state index in [1.54, 1.807) is 12.1 Å². The highest BCUT2D eigenvalue weighted by Gasteiger charge is 2.26. The third-order valence-electron chi connectivity index (χ3n) is 2.66. The number of alkyl halides is 3. The molecule has 0 saturated heterocycles. The zero-order valence-electron chi connectivity index (χ0n) is 9.74. The summed E-state index contributed by atoms with van der Waals surface area (Å²) in [6.45, 7) is -0.150. The molecule has 102 valence electrons. The van der Waals surface area contributed by atoms with E-state index in [1.807, 2.05) is 0 Å². The average Bonchev–Trinajstić information content (AvgIpc) is 2.32. The van der Waals surface area contributed by atoms with Gasteiger partial charge in [-0.2, -0.15) is 13.2 Å². The molecule has 7 heteroatoms. The van der Waals surface area contributed by atoms with Crippen molar-refractivity contribution in [2.45, 2.75) is 25.6 Å². The zero-order chi connectivity index (χ0) is 14.0. The van der Waals surface area contributed by atoms with Crippen molar-refractivity contribution in [3.63, 3.8) is 0 Å².